The topological polar surface area (TPSA) is 41.6 Å². The molecule has 1 aromatic heterocycles. The van der Waals surface area contributed by atoms with Crippen molar-refractivity contribution >= 4 is 17.4 Å². The first kappa shape index (κ1) is 16.0. The van der Waals surface area contributed by atoms with Crippen molar-refractivity contribution in [1.82, 2.24) is 10.2 Å². The summed E-state index contributed by atoms with van der Waals surface area (Å²) in [4.78, 5) is 15.2. The van der Waals surface area contributed by atoms with Crippen LogP contribution >= 0.6 is 11.3 Å². The van der Waals surface area contributed by atoms with Crippen molar-refractivity contribution in [2.45, 2.75) is 39.3 Å². The summed E-state index contributed by atoms with van der Waals surface area (Å²) in [7, 11) is 1.65. The zero-order valence-corrected chi connectivity index (χ0v) is 12.8. The number of thiophene rings is 1. The summed E-state index contributed by atoms with van der Waals surface area (Å²) < 4.78 is 5.08. The quantitative estimate of drug-likeness (QED) is 0.797. The molecule has 0 bridgehead atoms. The Balaban J connectivity index is 2.54. The molecule has 1 aromatic rings. The largest absolute Gasteiger partial charge is 0.383 e. The van der Waals surface area contributed by atoms with Gasteiger partial charge in [-0.15, -0.1) is 11.3 Å². The van der Waals surface area contributed by atoms with Crippen LogP contribution in [-0.2, 0) is 11.3 Å². The number of urea groups is 1. The Kier molecular flexibility index (Phi) is 7.52. The number of rotatable bonds is 8. The Morgan fingerprint density at radius 3 is 2.95 bits per heavy atom. The Labute approximate surface area is 119 Å². The average molecular weight is 284 g/mol. The van der Waals surface area contributed by atoms with Crippen LogP contribution in [0.4, 0.5) is 4.79 Å². The van der Waals surface area contributed by atoms with Gasteiger partial charge in [0.15, 0.2) is 0 Å². The van der Waals surface area contributed by atoms with Crippen molar-refractivity contribution in [3.63, 3.8) is 0 Å². The first-order chi connectivity index (χ1) is 9.17. The number of methoxy groups -OCH3 is 1. The van der Waals surface area contributed by atoms with Gasteiger partial charge in [-0.1, -0.05) is 19.4 Å². The minimum atomic E-state index is -0.00796. The van der Waals surface area contributed by atoms with Gasteiger partial charge < -0.3 is 15.0 Å². The Morgan fingerprint density at radius 2 is 2.37 bits per heavy atom. The van der Waals surface area contributed by atoms with Crippen LogP contribution < -0.4 is 5.32 Å². The maximum Gasteiger partial charge on any atom is 0.318 e. The summed E-state index contributed by atoms with van der Waals surface area (Å²) in [6.45, 7) is 5.98. The SMILES string of the molecule is CCCC(C)NC(=O)N(CCOC)Cc1cccs1. The van der Waals surface area contributed by atoms with Crippen LogP contribution in [0.5, 0.6) is 0 Å². The molecule has 0 aliphatic heterocycles. The molecule has 1 atom stereocenters. The predicted molar refractivity (Wildman–Crippen MR) is 79.5 cm³/mol. The second kappa shape index (κ2) is 8.93. The van der Waals surface area contributed by atoms with E-state index in [1.165, 1.54) is 4.88 Å². The normalized spacial score (nSPS) is 12.2. The highest BCUT2D eigenvalue weighted by Crippen LogP contribution is 2.12. The molecule has 108 valence electrons. The third-order valence-corrected chi connectivity index (χ3v) is 3.73. The van der Waals surface area contributed by atoms with Gasteiger partial charge in [0.25, 0.3) is 0 Å². The fourth-order valence-electron chi connectivity index (χ4n) is 1.85. The molecule has 0 aromatic carbocycles. The van der Waals surface area contributed by atoms with E-state index < -0.39 is 0 Å². The summed E-state index contributed by atoms with van der Waals surface area (Å²) in [5.74, 6) is 0. The molecule has 4 nitrogen and oxygen atoms in total. The zero-order valence-electron chi connectivity index (χ0n) is 12.0. The van der Waals surface area contributed by atoms with E-state index in [0.29, 0.717) is 19.7 Å². The van der Waals surface area contributed by atoms with E-state index in [1.54, 1.807) is 18.4 Å². The van der Waals surface area contributed by atoms with Crippen LogP contribution in [-0.4, -0.2) is 37.2 Å². The Hall–Kier alpha value is -1.07. The van der Waals surface area contributed by atoms with Crippen molar-refractivity contribution < 1.29 is 9.53 Å². The smallest absolute Gasteiger partial charge is 0.318 e. The maximum absolute atomic E-state index is 12.2. The predicted octanol–water partition coefficient (Wildman–Crippen LogP) is 3.09. The number of amides is 2. The van der Waals surface area contributed by atoms with Gasteiger partial charge in [-0.2, -0.15) is 0 Å². The molecule has 0 saturated heterocycles. The fourth-order valence-corrected chi connectivity index (χ4v) is 2.57. The highest BCUT2D eigenvalue weighted by atomic mass is 32.1. The molecule has 0 aliphatic rings. The number of nitrogens with zero attached hydrogens (tertiary/aromatic N) is 1. The molecular weight excluding hydrogens is 260 g/mol. The number of hydrogen-bond donors (Lipinski definition) is 1. The first-order valence-corrected chi connectivity index (χ1v) is 7.62. The lowest BCUT2D eigenvalue weighted by molar-refractivity contribution is 0.145. The van der Waals surface area contributed by atoms with Crippen LogP contribution in [0, 0.1) is 0 Å². The molecule has 0 aliphatic carbocycles. The monoisotopic (exact) mass is 284 g/mol. The lowest BCUT2D eigenvalue weighted by Gasteiger charge is -2.24. The molecule has 1 unspecified atom stereocenters. The first-order valence-electron chi connectivity index (χ1n) is 6.74. The number of carbonyl (C=O) groups is 1. The summed E-state index contributed by atoms with van der Waals surface area (Å²) >= 11 is 1.67. The van der Waals surface area contributed by atoms with Crippen molar-refractivity contribution in [3.8, 4) is 0 Å². The lowest BCUT2D eigenvalue weighted by Crippen LogP contribution is -2.44. The lowest BCUT2D eigenvalue weighted by atomic mass is 10.2. The summed E-state index contributed by atoms with van der Waals surface area (Å²) in [6.07, 6.45) is 2.08. The van der Waals surface area contributed by atoms with E-state index in [4.69, 9.17) is 4.74 Å². The van der Waals surface area contributed by atoms with Crippen LogP contribution in [0.1, 0.15) is 31.6 Å². The second-order valence-corrected chi connectivity index (χ2v) is 5.67. The van der Waals surface area contributed by atoms with Crippen LogP contribution in [0.25, 0.3) is 0 Å². The Bertz CT molecular complexity index is 354. The molecule has 0 radical (unpaired) electrons. The maximum atomic E-state index is 12.2. The molecule has 0 spiro atoms. The molecule has 19 heavy (non-hydrogen) atoms. The van der Waals surface area contributed by atoms with Gasteiger partial charge in [-0.25, -0.2) is 4.79 Å². The summed E-state index contributed by atoms with van der Waals surface area (Å²) in [5, 5.41) is 5.07. The molecule has 0 fully saturated rings. The van der Waals surface area contributed by atoms with Crippen LogP contribution in [0.2, 0.25) is 0 Å². The van der Waals surface area contributed by atoms with Gasteiger partial charge in [0.1, 0.15) is 0 Å². The molecule has 5 heteroatoms. The summed E-state index contributed by atoms with van der Waals surface area (Å²) in [5.41, 5.74) is 0. The van der Waals surface area contributed by atoms with Gasteiger partial charge >= 0.3 is 6.03 Å². The average Bonchev–Trinajstić information content (AvgIpc) is 2.87. The van der Waals surface area contributed by atoms with Gasteiger partial charge in [0.05, 0.1) is 13.2 Å². The number of carbonyl (C=O) groups excluding carboxylic acids is 1. The van der Waals surface area contributed by atoms with Gasteiger partial charge in [0.2, 0.25) is 0 Å². The third kappa shape index (κ3) is 6.07. The van der Waals surface area contributed by atoms with Crippen molar-refractivity contribution in [3.05, 3.63) is 22.4 Å². The number of hydrogen-bond acceptors (Lipinski definition) is 3. The van der Waals surface area contributed by atoms with Crippen LogP contribution in [0.15, 0.2) is 17.5 Å². The van der Waals surface area contributed by atoms with Gasteiger partial charge in [0, 0.05) is 24.6 Å². The van der Waals surface area contributed by atoms with E-state index in [9.17, 15) is 4.79 Å². The van der Waals surface area contributed by atoms with E-state index in [-0.39, 0.29) is 12.1 Å². The van der Waals surface area contributed by atoms with Crippen molar-refractivity contribution in [2.24, 2.45) is 0 Å². The molecule has 1 N–H and O–H groups in total. The molecule has 1 heterocycles. The van der Waals surface area contributed by atoms with Crippen molar-refractivity contribution in [2.75, 3.05) is 20.3 Å². The number of nitrogens with one attached hydrogen (secondary N) is 1. The van der Waals surface area contributed by atoms with E-state index in [0.717, 1.165) is 12.8 Å². The molecule has 0 saturated carbocycles. The zero-order chi connectivity index (χ0) is 14.1. The minimum Gasteiger partial charge on any atom is -0.383 e. The van der Waals surface area contributed by atoms with Gasteiger partial charge in [-0.3, -0.25) is 0 Å². The van der Waals surface area contributed by atoms with E-state index >= 15 is 0 Å². The number of ether oxygens (including phenoxy) is 1. The molecule has 2 amide bonds. The van der Waals surface area contributed by atoms with E-state index in [2.05, 4.69) is 12.2 Å². The van der Waals surface area contributed by atoms with Crippen molar-refractivity contribution in [1.29, 1.82) is 0 Å². The molecular formula is C14H24N2O2S. The van der Waals surface area contributed by atoms with E-state index in [1.807, 2.05) is 29.3 Å². The molecule has 1 rings (SSSR count). The highest BCUT2D eigenvalue weighted by molar-refractivity contribution is 7.09. The summed E-state index contributed by atoms with van der Waals surface area (Å²) in [6, 6.07) is 4.26. The highest BCUT2D eigenvalue weighted by Gasteiger charge is 2.15. The standard InChI is InChI=1S/C14H24N2O2S/c1-4-6-12(2)15-14(17)16(8-9-18-3)11-13-7-5-10-19-13/h5,7,10,12H,4,6,8-9,11H2,1-3H3,(H,15,17). The second-order valence-electron chi connectivity index (χ2n) is 4.63. The van der Waals surface area contributed by atoms with Gasteiger partial charge in [-0.05, 0) is 24.8 Å². The third-order valence-electron chi connectivity index (χ3n) is 2.87. The van der Waals surface area contributed by atoms with Crippen LogP contribution in [0.3, 0.4) is 0 Å². The Morgan fingerprint density at radius 1 is 1.58 bits per heavy atom. The minimum absolute atomic E-state index is 0.00796. The fraction of sp³-hybridized carbons (Fsp3) is 0.643.